The Morgan fingerprint density at radius 1 is 1.29 bits per heavy atom. The minimum atomic E-state index is -3.76. The molecular weight excluding hydrogens is 571 g/mol. The molecule has 3 aromatic rings. The van der Waals surface area contributed by atoms with Crippen molar-refractivity contribution < 1.29 is 19.0 Å². The van der Waals surface area contributed by atoms with Gasteiger partial charge in [0.25, 0.3) is 5.91 Å². The molecule has 0 spiro atoms. The first-order chi connectivity index (χ1) is 19.6. The summed E-state index contributed by atoms with van der Waals surface area (Å²) < 4.78 is 47.9. The van der Waals surface area contributed by atoms with Crippen LogP contribution in [0.2, 0.25) is 5.02 Å². The highest BCUT2D eigenvalue weighted by Gasteiger charge is 2.25. The van der Waals surface area contributed by atoms with Crippen molar-refractivity contribution in [1.29, 1.82) is 0 Å². The highest BCUT2D eigenvalue weighted by atomic mass is 35.5. The lowest BCUT2D eigenvalue weighted by atomic mass is 9.96. The monoisotopic (exact) mass is 601 g/mol. The number of carbonyl (C=O) groups excluding carboxylic acids is 1. The van der Waals surface area contributed by atoms with Crippen LogP contribution in [0.15, 0.2) is 48.6 Å². The summed E-state index contributed by atoms with van der Waals surface area (Å²) in [5, 5.41) is 8.71. The molecule has 14 heteroatoms. The van der Waals surface area contributed by atoms with E-state index in [1.165, 1.54) is 23.5 Å². The number of amides is 1. The van der Waals surface area contributed by atoms with Gasteiger partial charge in [0.15, 0.2) is 0 Å². The van der Waals surface area contributed by atoms with Crippen LogP contribution in [0.4, 0.5) is 15.8 Å². The molecule has 41 heavy (non-hydrogen) atoms. The minimum absolute atomic E-state index is 0.0647. The van der Waals surface area contributed by atoms with E-state index < -0.39 is 34.4 Å². The molecule has 216 valence electrons. The van der Waals surface area contributed by atoms with E-state index in [0.717, 1.165) is 12.3 Å². The third kappa shape index (κ3) is 7.75. The minimum Gasteiger partial charge on any atom is -0.383 e. The molecule has 1 atom stereocenters. The number of carbonyl (C=O) groups is 1. The van der Waals surface area contributed by atoms with Gasteiger partial charge in [-0.1, -0.05) is 44.4 Å². The maximum Gasteiger partial charge on any atom is 0.254 e. The molecular formula is C27H30ClFN8O3S. The van der Waals surface area contributed by atoms with E-state index in [-0.39, 0.29) is 16.7 Å². The van der Waals surface area contributed by atoms with Crippen molar-refractivity contribution in [2.75, 3.05) is 30.0 Å². The van der Waals surface area contributed by atoms with Gasteiger partial charge in [-0.2, -0.15) is 4.39 Å². The zero-order chi connectivity index (χ0) is 30.9. The number of anilines is 2. The van der Waals surface area contributed by atoms with Gasteiger partial charge in [0.1, 0.15) is 6.54 Å². The van der Waals surface area contributed by atoms with Gasteiger partial charge in [-0.3, -0.25) is 19.5 Å². The number of hydrazine groups is 2. The van der Waals surface area contributed by atoms with Gasteiger partial charge in [-0.05, 0) is 29.2 Å². The van der Waals surface area contributed by atoms with Crippen LogP contribution in [-0.2, 0) is 14.8 Å². The van der Waals surface area contributed by atoms with Crippen molar-refractivity contribution in [1.82, 2.24) is 30.7 Å². The number of halogens is 2. The number of sulfonamides is 1. The fourth-order valence-electron chi connectivity index (χ4n) is 3.91. The van der Waals surface area contributed by atoms with Crippen molar-refractivity contribution in [3.05, 3.63) is 70.7 Å². The second-order valence-electron chi connectivity index (χ2n) is 10.5. The first-order valence-electron chi connectivity index (χ1n) is 12.8. The third-order valence-electron chi connectivity index (χ3n) is 5.66. The van der Waals surface area contributed by atoms with Gasteiger partial charge >= 0.3 is 0 Å². The highest BCUT2D eigenvalue weighted by Crippen LogP contribution is 2.36. The lowest BCUT2D eigenvalue weighted by Crippen LogP contribution is -2.44. The number of nitrogens with one attached hydrogen (secondary N) is 5. The predicted molar refractivity (Wildman–Crippen MR) is 157 cm³/mol. The van der Waals surface area contributed by atoms with Gasteiger partial charge in [-0.25, -0.2) is 13.4 Å². The molecule has 11 nitrogen and oxygen atoms in total. The Balaban J connectivity index is 1.77. The average Bonchev–Trinajstić information content (AvgIpc) is 3.34. The van der Waals surface area contributed by atoms with Gasteiger partial charge in [-0.15, -0.1) is 12.0 Å². The number of aromatic nitrogens is 2. The SMILES string of the molecule is [2H][C@](Nc1cc(Cl)c2ncc(C#C)c(NCC(C)(C)C)c2c1)(C1=CN(CC(=O)NS(C)(=O)=O)NN1)c1ccc(F)nc1. The van der Waals surface area contributed by atoms with Gasteiger partial charge in [0.2, 0.25) is 16.0 Å². The molecule has 2 aromatic heterocycles. The van der Waals surface area contributed by atoms with Crippen LogP contribution < -0.4 is 26.3 Å². The maximum absolute atomic E-state index is 13.7. The fraction of sp³-hybridized carbons (Fsp3) is 0.296. The van der Waals surface area contributed by atoms with E-state index in [9.17, 15) is 19.0 Å². The molecule has 1 amide bonds. The van der Waals surface area contributed by atoms with Gasteiger partial charge in [0, 0.05) is 36.2 Å². The number of hydrogen-bond donors (Lipinski definition) is 5. The van der Waals surface area contributed by atoms with Gasteiger partial charge < -0.3 is 16.1 Å². The van der Waals surface area contributed by atoms with E-state index in [2.05, 4.69) is 58.3 Å². The molecule has 3 heterocycles. The Morgan fingerprint density at radius 2 is 2.05 bits per heavy atom. The molecule has 1 aliphatic rings. The van der Waals surface area contributed by atoms with Crippen LogP contribution in [0.5, 0.6) is 0 Å². The summed E-state index contributed by atoms with van der Waals surface area (Å²) in [6.07, 6.45) is 10.8. The van der Waals surface area contributed by atoms with Crippen molar-refractivity contribution in [2.24, 2.45) is 5.41 Å². The third-order valence-corrected chi connectivity index (χ3v) is 6.55. The number of nitrogens with zero attached hydrogens (tertiary/aromatic N) is 3. The Bertz CT molecular complexity index is 1710. The van der Waals surface area contributed by atoms with Crippen molar-refractivity contribution in [3.63, 3.8) is 0 Å². The van der Waals surface area contributed by atoms with E-state index >= 15 is 0 Å². The molecule has 5 N–H and O–H groups in total. The van der Waals surface area contributed by atoms with Crippen LogP contribution >= 0.6 is 11.6 Å². The number of fused-ring (bicyclic) bond motifs is 1. The van der Waals surface area contributed by atoms with Crippen LogP contribution in [0.3, 0.4) is 0 Å². The molecule has 1 aliphatic heterocycles. The zero-order valence-electron chi connectivity index (χ0n) is 23.8. The smallest absolute Gasteiger partial charge is 0.254 e. The van der Waals surface area contributed by atoms with E-state index in [1.54, 1.807) is 18.3 Å². The van der Waals surface area contributed by atoms with Crippen molar-refractivity contribution >= 4 is 49.8 Å². The summed E-state index contributed by atoms with van der Waals surface area (Å²) in [6.45, 7) is 6.44. The van der Waals surface area contributed by atoms with E-state index in [1.807, 2.05) is 4.72 Å². The molecule has 4 rings (SSSR count). The lowest BCUT2D eigenvalue weighted by molar-refractivity contribution is -0.120. The summed E-state index contributed by atoms with van der Waals surface area (Å²) in [5.41, 5.74) is 7.97. The summed E-state index contributed by atoms with van der Waals surface area (Å²) in [4.78, 5) is 20.3. The number of terminal acetylenes is 1. The zero-order valence-corrected chi connectivity index (χ0v) is 24.3. The Hall–Kier alpha value is -4.12. The van der Waals surface area contributed by atoms with Crippen molar-refractivity contribution in [3.8, 4) is 12.3 Å². The largest absolute Gasteiger partial charge is 0.383 e. The molecule has 0 saturated carbocycles. The Morgan fingerprint density at radius 3 is 2.68 bits per heavy atom. The predicted octanol–water partition coefficient (Wildman–Crippen LogP) is 3.26. The number of pyridine rings is 2. The van der Waals surface area contributed by atoms with Crippen LogP contribution in [0.1, 0.15) is 39.3 Å². The molecule has 0 fully saturated rings. The van der Waals surface area contributed by atoms with Crippen LogP contribution in [-0.4, -0.2) is 48.6 Å². The molecule has 0 bridgehead atoms. The molecule has 0 unspecified atom stereocenters. The second-order valence-corrected chi connectivity index (χ2v) is 12.7. The van der Waals surface area contributed by atoms with E-state index in [0.29, 0.717) is 39.4 Å². The summed E-state index contributed by atoms with van der Waals surface area (Å²) in [5.74, 6) is 1.11. The molecule has 0 saturated heterocycles. The average molecular weight is 602 g/mol. The number of benzene rings is 1. The fourth-order valence-corrected chi connectivity index (χ4v) is 4.65. The summed E-state index contributed by atoms with van der Waals surface area (Å²) >= 11 is 6.66. The number of rotatable bonds is 9. The topological polar surface area (TPSA) is 140 Å². The first kappa shape index (κ1) is 28.4. The number of hydrogen-bond acceptors (Lipinski definition) is 10. The van der Waals surface area contributed by atoms with E-state index in [4.69, 9.17) is 18.0 Å². The first-order valence-corrected chi connectivity index (χ1v) is 14.6. The Kier molecular flexibility index (Phi) is 8.16. The normalized spacial score (nSPS) is 15.3. The molecule has 0 radical (unpaired) electrons. The second kappa shape index (κ2) is 11.8. The Labute approximate surface area is 244 Å². The van der Waals surface area contributed by atoms with Crippen molar-refractivity contribution in [2.45, 2.75) is 26.8 Å². The summed E-state index contributed by atoms with van der Waals surface area (Å²) in [6, 6.07) is 4.02. The maximum atomic E-state index is 13.7. The molecule has 0 aliphatic carbocycles. The quantitative estimate of drug-likeness (QED) is 0.183. The van der Waals surface area contributed by atoms with Gasteiger partial charge in [0.05, 0.1) is 41.1 Å². The van der Waals surface area contributed by atoms with Crippen LogP contribution in [0, 0.1) is 23.7 Å². The molecule has 1 aromatic carbocycles. The summed E-state index contributed by atoms with van der Waals surface area (Å²) in [7, 11) is -3.76. The lowest BCUT2D eigenvalue weighted by Gasteiger charge is -2.23. The van der Waals surface area contributed by atoms with Crippen LogP contribution in [0.25, 0.3) is 10.9 Å². The highest BCUT2D eigenvalue weighted by molar-refractivity contribution is 7.89. The standard InChI is InChI=1S/C27H30ClFN8O3S/c1-6-16-11-31-26-19(24(16)32-15-27(2,3)4)9-18(10-20(26)28)33-25(17-7-8-22(29)30-12-17)21-13-37(36-34-21)14-23(38)35-41(5,39)40/h1,7-13,25,33-34,36H,14-15H2,2-5H3,(H,31,32)(H,35,38)/t25-/m1/s1/i25D.